The SMILES string of the molecule is COC1(CCC(N)=O)CCCN(C(=O)/C=C/c2cnc[nH]2)C1. The number of piperidine rings is 1. The first-order valence-corrected chi connectivity index (χ1v) is 7.33. The minimum atomic E-state index is -0.481. The van der Waals surface area contributed by atoms with E-state index >= 15 is 0 Å². The standard InChI is InChI=1S/C15H22N4O3/c1-22-15(7-5-13(16)20)6-2-8-19(10-15)14(21)4-3-12-9-17-11-18-12/h3-4,9,11H,2,5-8,10H2,1H3,(H2,16,20)(H,17,18)/b4-3+. The van der Waals surface area contributed by atoms with E-state index in [9.17, 15) is 9.59 Å². The van der Waals surface area contributed by atoms with Gasteiger partial charge in [0.2, 0.25) is 11.8 Å². The highest BCUT2D eigenvalue weighted by atomic mass is 16.5. The highest BCUT2D eigenvalue weighted by molar-refractivity contribution is 5.91. The van der Waals surface area contributed by atoms with E-state index in [1.807, 2.05) is 0 Å². The molecule has 0 saturated carbocycles. The van der Waals surface area contributed by atoms with Gasteiger partial charge in [-0.3, -0.25) is 9.59 Å². The number of ether oxygens (including phenoxy) is 1. The number of aromatic nitrogens is 2. The van der Waals surface area contributed by atoms with Crippen LogP contribution in [0.5, 0.6) is 0 Å². The van der Waals surface area contributed by atoms with E-state index in [4.69, 9.17) is 10.5 Å². The van der Waals surface area contributed by atoms with Crippen molar-refractivity contribution in [1.82, 2.24) is 14.9 Å². The lowest BCUT2D eigenvalue weighted by molar-refractivity contribution is -0.136. The summed E-state index contributed by atoms with van der Waals surface area (Å²) >= 11 is 0. The van der Waals surface area contributed by atoms with Gasteiger partial charge in [0.1, 0.15) is 0 Å². The molecule has 1 atom stereocenters. The summed E-state index contributed by atoms with van der Waals surface area (Å²) < 4.78 is 5.62. The molecule has 3 N–H and O–H groups in total. The third-order valence-electron chi connectivity index (χ3n) is 4.04. The number of imidazole rings is 1. The molecule has 0 bridgehead atoms. The highest BCUT2D eigenvalue weighted by Gasteiger charge is 2.36. The molecule has 1 aliphatic heterocycles. The normalized spacial score (nSPS) is 22.1. The fourth-order valence-electron chi connectivity index (χ4n) is 2.73. The predicted octanol–water partition coefficient (Wildman–Crippen LogP) is 0.696. The molecule has 1 fully saturated rings. The number of methoxy groups -OCH3 is 1. The summed E-state index contributed by atoms with van der Waals surface area (Å²) in [5.74, 6) is -0.422. The molecule has 2 amide bonds. The predicted molar refractivity (Wildman–Crippen MR) is 81.6 cm³/mol. The number of H-pyrrole nitrogens is 1. The Hall–Kier alpha value is -2.15. The molecular weight excluding hydrogens is 284 g/mol. The third-order valence-corrected chi connectivity index (χ3v) is 4.04. The van der Waals surface area contributed by atoms with E-state index in [-0.39, 0.29) is 18.2 Å². The molecule has 2 rings (SSSR count). The van der Waals surface area contributed by atoms with Crippen molar-refractivity contribution in [2.75, 3.05) is 20.2 Å². The van der Waals surface area contributed by atoms with Crippen LogP contribution in [0.3, 0.4) is 0 Å². The number of nitrogens with zero attached hydrogens (tertiary/aromatic N) is 2. The molecule has 22 heavy (non-hydrogen) atoms. The van der Waals surface area contributed by atoms with Crippen LogP contribution in [0.2, 0.25) is 0 Å². The third kappa shape index (κ3) is 4.17. The Kier molecular flexibility index (Phi) is 5.32. The molecule has 2 heterocycles. The van der Waals surface area contributed by atoms with Crippen molar-refractivity contribution in [3.63, 3.8) is 0 Å². The lowest BCUT2D eigenvalue weighted by atomic mass is 9.87. The van der Waals surface area contributed by atoms with Gasteiger partial charge in [-0.2, -0.15) is 0 Å². The van der Waals surface area contributed by atoms with Gasteiger partial charge in [-0.25, -0.2) is 4.98 Å². The molecule has 7 nitrogen and oxygen atoms in total. The van der Waals surface area contributed by atoms with Gasteiger partial charge in [0.15, 0.2) is 0 Å². The number of carbonyl (C=O) groups is 2. The van der Waals surface area contributed by atoms with Crippen LogP contribution < -0.4 is 5.73 Å². The molecule has 0 aromatic carbocycles. The summed E-state index contributed by atoms with van der Waals surface area (Å²) in [4.78, 5) is 31.9. The van der Waals surface area contributed by atoms with E-state index in [0.717, 1.165) is 18.5 Å². The van der Waals surface area contributed by atoms with E-state index in [2.05, 4.69) is 9.97 Å². The maximum absolute atomic E-state index is 12.3. The van der Waals surface area contributed by atoms with Crippen molar-refractivity contribution in [3.05, 3.63) is 24.3 Å². The molecule has 0 aliphatic carbocycles. The summed E-state index contributed by atoms with van der Waals surface area (Å²) in [5.41, 5.74) is 5.52. The second-order valence-electron chi connectivity index (χ2n) is 5.56. The number of amides is 2. The smallest absolute Gasteiger partial charge is 0.246 e. The monoisotopic (exact) mass is 306 g/mol. The van der Waals surface area contributed by atoms with Gasteiger partial charge in [0.25, 0.3) is 0 Å². The zero-order chi connectivity index (χ0) is 16.0. The Balaban J connectivity index is 1.99. The van der Waals surface area contributed by atoms with Crippen LogP contribution in [0.15, 0.2) is 18.6 Å². The van der Waals surface area contributed by atoms with Crippen molar-refractivity contribution in [1.29, 1.82) is 0 Å². The van der Waals surface area contributed by atoms with Gasteiger partial charge in [-0.15, -0.1) is 0 Å². The maximum atomic E-state index is 12.3. The fourth-order valence-corrected chi connectivity index (χ4v) is 2.73. The minimum Gasteiger partial charge on any atom is -0.376 e. The van der Waals surface area contributed by atoms with Gasteiger partial charge < -0.3 is 20.4 Å². The fraction of sp³-hybridized carbons (Fsp3) is 0.533. The molecule has 0 spiro atoms. The molecule has 120 valence electrons. The average molecular weight is 306 g/mol. The molecular formula is C15H22N4O3. The summed E-state index contributed by atoms with van der Waals surface area (Å²) in [5, 5.41) is 0. The second kappa shape index (κ2) is 7.22. The minimum absolute atomic E-state index is 0.0743. The number of nitrogens with one attached hydrogen (secondary N) is 1. The Morgan fingerprint density at radius 2 is 2.41 bits per heavy atom. The Bertz CT molecular complexity index is 541. The van der Waals surface area contributed by atoms with Crippen LogP contribution in [-0.4, -0.2) is 52.5 Å². The largest absolute Gasteiger partial charge is 0.376 e. The van der Waals surface area contributed by atoms with Gasteiger partial charge in [-0.1, -0.05) is 0 Å². The number of hydrogen-bond acceptors (Lipinski definition) is 4. The van der Waals surface area contributed by atoms with Crippen LogP contribution in [0, 0.1) is 0 Å². The van der Waals surface area contributed by atoms with Crippen molar-refractivity contribution in [2.24, 2.45) is 5.73 Å². The zero-order valence-corrected chi connectivity index (χ0v) is 12.7. The number of nitrogens with two attached hydrogens (primary N) is 1. The number of aromatic amines is 1. The Labute approximate surface area is 129 Å². The molecule has 1 unspecified atom stereocenters. The second-order valence-corrected chi connectivity index (χ2v) is 5.56. The summed E-state index contributed by atoms with van der Waals surface area (Å²) in [7, 11) is 1.62. The van der Waals surface area contributed by atoms with Crippen molar-refractivity contribution < 1.29 is 14.3 Å². The van der Waals surface area contributed by atoms with E-state index < -0.39 is 5.60 Å². The van der Waals surface area contributed by atoms with Crippen LogP contribution in [0.25, 0.3) is 6.08 Å². The number of rotatable bonds is 6. The number of carbonyl (C=O) groups excluding carboxylic acids is 2. The van der Waals surface area contributed by atoms with E-state index in [1.165, 1.54) is 6.08 Å². The maximum Gasteiger partial charge on any atom is 0.246 e. The van der Waals surface area contributed by atoms with Crippen LogP contribution in [0.4, 0.5) is 0 Å². The Morgan fingerprint density at radius 3 is 3.05 bits per heavy atom. The average Bonchev–Trinajstić information content (AvgIpc) is 3.04. The summed E-state index contributed by atoms with van der Waals surface area (Å²) in [6.07, 6.45) is 8.89. The first kappa shape index (κ1) is 16.2. The number of hydrogen-bond donors (Lipinski definition) is 2. The van der Waals surface area contributed by atoms with E-state index in [0.29, 0.717) is 19.5 Å². The van der Waals surface area contributed by atoms with Crippen molar-refractivity contribution >= 4 is 17.9 Å². The van der Waals surface area contributed by atoms with Crippen LogP contribution >= 0.6 is 0 Å². The number of primary amides is 1. The molecule has 1 aliphatic rings. The highest BCUT2D eigenvalue weighted by Crippen LogP contribution is 2.29. The molecule has 1 aromatic rings. The molecule has 1 aromatic heterocycles. The number of likely N-dealkylation sites (tertiary alicyclic amines) is 1. The Morgan fingerprint density at radius 1 is 1.59 bits per heavy atom. The van der Waals surface area contributed by atoms with Crippen LogP contribution in [-0.2, 0) is 14.3 Å². The lowest BCUT2D eigenvalue weighted by Crippen LogP contribution is -2.51. The van der Waals surface area contributed by atoms with E-state index in [1.54, 1.807) is 30.6 Å². The van der Waals surface area contributed by atoms with Gasteiger partial charge in [0.05, 0.1) is 23.8 Å². The van der Waals surface area contributed by atoms with Crippen molar-refractivity contribution in [2.45, 2.75) is 31.3 Å². The van der Waals surface area contributed by atoms with Gasteiger partial charge in [-0.05, 0) is 25.3 Å². The lowest BCUT2D eigenvalue weighted by Gasteiger charge is -2.41. The first-order chi connectivity index (χ1) is 10.5. The topological polar surface area (TPSA) is 101 Å². The molecule has 0 radical (unpaired) electrons. The molecule has 7 heteroatoms. The molecule has 1 saturated heterocycles. The van der Waals surface area contributed by atoms with Gasteiger partial charge >= 0.3 is 0 Å². The van der Waals surface area contributed by atoms with Crippen molar-refractivity contribution in [3.8, 4) is 0 Å². The quantitative estimate of drug-likeness (QED) is 0.755. The first-order valence-electron chi connectivity index (χ1n) is 7.33. The summed E-state index contributed by atoms with van der Waals surface area (Å²) in [6, 6.07) is 0. The van der Waals surface area contributed by atoms with Gasteiger partial charge in [0, 0.05) is 32.7 Å². The van der Waals surface area contributed by atoms with Crippen LogP contribution in [0.1, 0.15) is 31.4 Å². The zero-order valence-electron chi connectivity index (χ0n) is 12.7. The summed E-state index contributed by atoms with van der Waals surface area (Å²) in [6.45, 7) is 1.16.